The number of amides is 2. The lowest BCUT2D eigenvalue weighted by molar-refractivity contribution is -0.121. The molecule has 0 radical (unpaired) electrons. The number of anilines is 1. The van der Waals surface area contributed by atoms with Crippen LogP contribution in [0.3, 0.4) is 0 Å². The van der Waals surface area contributed by atoms with Crippen LogP contribution < -0.4 is 10.1 Å². The Morgan fingerprint density at radius 3 is 2.90 bits per heavy atom. The molecule has 0 saturated heterocycles. The lowest BCUT2D eigenvalue weighted by atomic mass is 10.2. The first kappa shape index (κ1) is 15.1. The van der Waals surface area contributed by atoms with Crippen LogP contribution in [0.5, 0.6) is 5.75 Å². The second-order valence-electron chi connectivity index (χ2n) is 5.78. The van der Waals surface area contributed by atoms with Gasteiger partial charge in [-0.3, -0.25) is 14.7 Å². The molecule has 1 aliphatic rings. The maximum Gasteiger partial charge on any atom is 0.410 e. The van der Waals surface area contributed by atoms with Crippen LogP contribution in [0.1, 0.15) is 20.8 Å². The van der Waals surface area contributed by atoms with Crippen LogP contribution in [0.25, 0.3) is 0 Å². The third-order valence-corrected chi connectivity index (χ3v) is 2.89. The molecule has 2 heterocycles. The van der Waals surface area contributed by atoms with Gasteiger partial charge in [-0.25, -0.2) is 4.79 Å². The van der Waals surface area contributed by atoms with Gasteiger partial charge in [-0.2, -0.15) is 0 Å². The van der Waals surface area contributed by atoms with Gasteiger partial charge in [0.15, 0.2) is 0 Å². The first-order chi connectivity index (χ1) is 9.78. The Bertz CT molecular complexity index is 553. The summed E-state index contributed by atoms with van der Waals surface area (Å²) in [7, 11) is 1.51. The van der Waals surface area contributed by atoms with Gasteiger partial charge < -0.3 is 14.8 Å². The third-order valence-electron chi connectivity index (χ3n) is 2.89. The quantitative estimate of drug-likeness (QED) is 0.851. The Kier molecular flexibility index (Phi) is 4.02. The lowest BCUT2D eigenvalue weighted by Crippen LogP contribution is -2.49. The van der Waals surface area contributed by atoms with E-state index in [0.29, 0.717) is 11.4 Å². The average Bonchev–Trinajstić information content (AvgIpc) is 2.54. The van der Waals surface area contributed by atoms with E-state index < -0.39 is 17.7 Å². The van der Waals surface area contributed by atoms with E-state index in [1.807, 2.05) is 0 Å². The summed E-state index contributed by atoms with van der Waals surface area (Å²) in [5.74, 6) is 0.188. The molecule has 0 aliphatic carbocycles. The molecule has 1 N–H and O–H groups in total. The minimum atomic E-state index is -0.771. The largest absolute Gasteiger partial charge is 0.489 e. The maximum absolute atomic E-state index is 12.2. The van der Waals surface area contributed by atoms with Crippen molar-refractivity contribution >= 4 is 17.7 Å². The van der Waals surface area contributed by atoms with E-state index in [4.69, 9.17) is 9.47 Å². The summed E-state index contributed by atoms with van der Waals surface area (Å²) in [5, 5.41) is 2.70. The van der Waals surface area contributed by atoms with Crippen molar-refractivity contribution in [3.05, 3.63) is 18.5 Å². The van der Waals surface area contributed by atoms with Crippen molar-refractivity contribution < 1.29 is 19.1 Å². The molecule has 1 atom stereocenters. The summed E-state index contributed by atoms with van der Waals surface area (Å²) < 4.78 is 10.8. The minimum Gasteiger partial charge on any atom is -0.489 e. The molecule has 0 saturated carbocycles. The van der Waals surface area contributed by atoms with Crippen molar-refractivity contribution in [2.75, 3.05) is 19.0 Å². The highest BCUT2D eigenvalue weighted by atomic mass is 16.6. The molecule has 21 heavy (non-hydrogen) atoms. The fourth-order valence-corrected chi connectivity index (χ4v) is 1.81. The van der Waals surface area contributed by atoms with Gasteiger partial charge in [-0.1, -0.05) is 0 Å². The first-order valence-corrected chi connectivity index (χ1v) is 6.61. The van der Waals surface area contributed by atoms with E-state index >= 15 is 0 Å². The smallest absolute Gasteiger partial charge is 0.410 e. The molecule has 2 rings (SSSR count). The van der Waals surface area contributed by atoms with Crippen LogP contribution in [-0.4, -0.2) is 47.2 Å². The zero-order valence-electron chi connectivity index (χ0n) is 12.5. The fourth-order valence-electron chi connectivity index (χ4n) is 1.81. The Morgan fingerprint density at radius 1 is 1.52 bits per heavy atom. The number of hydrogen-bond donors (Lipinski definition) is 1. The van der Waals surface area contributed by atoms with Crippen molar-refractivity contribution in [2.24, 2.45) is 0 Å². The van der Waals surface area contributed by atoms with Gasteiger partial charge in [0.05, 0.1) is 6.20 Å². The maximum atomic E-state index is 12.2. The Balaban J connectivity index is 2.11. The number of carbonyl (C=O) groups excluding carboxylic acids is 2. The highest BCUT2D eigenvalue weighted by Gasteiger charge is 2.33. The molecule has 114 valence electrons. The molecule has 2 amide bonds. The number of ether oxygens (including phenoxy) is 2. The number of nitrogens with one attached hydrogen (secondary N) is 1. The summed E-state index contributed by atoms with van der Waals surface area (Å²) in [6.45, 7) is 5.36. The van der Waals surface area contributed by atoms with Crippen molar-refractivity contribution in [1.82, 2.24) is 9.88 Å². The van der Waals surface area contributed by atoms with Crippen molar-refractivity contribution in [3.8, 4) is 5.75 Å². The summed E-state index contributed by atoms with van der Waals surface area (Å²) in [6, 6.07) is 0.887. The first-order valence-electron chi connectivity index (χ1n) is 6.61. The van der Waals surface area contributed by atoms with Gasteiger partial charge in [-0.05, 0) is 20.8 Å². The molecule has 1 aliphatic heterocycles. The molecule has 0 spiro atoms. The van der Waals surface area contributed by atoms with Crippen molar-refractivity contribution in [3.63, 3.8) is 0 Å². The summed E-state index contributed by atoms with van der Waals surface area (Å²) in [5.41, 5.74) is -0.136. The Labute approximate surface area is 123 Å². The molecule has 7 heteroatoms. The molecule has 0 unspecified atom stereocenters. The lowest BCUT2D eigenvalue weighted by Gasteiger charge is -2.28. The number of rotatable bonds is 1. The SMILES string of the molecule is CN(C(=O)OC(C)(C)C)[C@@H]1COc2ccncc2NC1=O. The molecular weight excluding hydrogens is 274 g/mol. The number of likely N-dealkylation sites (N-methyl/N-ethyl adjacent to an activating group) is 1. The second kappa shape index (κ2) is 5.59. The predicted octanol–water partition coefficient (Wildman–Crippen LogP) is 1.65. The fraction of sp³-hybridized carbons (Fsp3) is 0.500. The number of carbonyl (C=O) groups is 2. The predicted molar refractivity (Wildman–Crippen MR) is 76.1 cm³/mol. The molecule has 0 fully saturated rings. The van der Waals surface area contributed by atoms with Gasteiger partial charge in [0.25, 0.3) is 5.91 Å². The highest BCUT2D eigenvalue weighted by Crippen LogP contribution is 2.26. The van der Waals surface area contributed by atoms with E-state index in [2.05, 4.69) is 10.3 Å². The average molecular weight is 293 g/mol. The van der Waals surface area contributed by atoms with Crippen LogP contribution in [0.15, 0.2) is 18.5 Å². The van der Waals surface area contributed by atoms with Crippen molar-refractivity contribution in [2.45, 2.75) is 32.4 Å². The highest BCUT2D eigenvalue weighted by molar-refractivity contribution is 5.98. The van der Waals surface area contributed by atoms with E-state index in [-0.39, 0.29) is 12.5 Å². The van der Waals surface area contributed by atoms with E-state index in [9.17, 15) is 9.59 Å². The number of nitrogens with zero attached hydrogens (tertiary/aromatic N) is 2. The van der Waals surface area contributed by atoms with Crippen LogP contribution in [-0.2, 0) is 9.53 Å². The van der Waals surface area contributed by atoms with E-state index in [1.165, 1.54) is 18.1 Å². The number of fused-ring (bicyclic) bond motifs is 1. The van der Waals surface area contributed by atoms with Gasteiger partial charge in [0, 0.05) is 19.3 Å². The van der Waals surface area contributed by atoms with E-state index in [1.54, 1.807) is 33.0 Å². The molecular formula is C14H19N3O4. The molecule has 7 nitrogen and oxygen atoms in total. The molecule has 1 aromatic rings. The van der Waals surface area contributed by atoms with Gasteiger partial charge >= 0.3 is 6.09 Å². The minimum absolute atomic E-state index is 0.0542. The van der Waals surface area contributed by atoms with Crippen LogP contribution in [0, 0.1) is 0 Å². The summed E-state index contributed by atoms with van der Waals surface area (Å²) in [4.78, 5) is 29.4. The van der Waals surface area contributed by atoms with Gasteiger partial charge in [0.1, 0.15) is 29.7 Å². The summed E-state index contributed by atoms with van der Waals surface area (Å²) >= 11 is 0. The van der Waals surface area contributed by atoms with Crippen LogP contribution in [0.4, 0.5) is 10.5 Å². The normalized spacial score (nSPS) is 17.9. The van der Waals surface area contributed by atoms with E-state index in [0.717, 1.165) is 0 Å². The summed E-state index contributed by atoms with van der Waals surface area (Å²) in [6.07, 6.45) is 2.50. The molecule has 0 aromatic carbocycles. The van der Waals surface area contributed by atoms with Crippen LogP contribution >= 0.6 is 0 Å². The standard InChI is InChI=1S/C14H19N3O4/c1-14(2,3)21-13(19)17(4)10-8-20-11-5-6-15-7-9(11)16-12(10)18/h5-7,10H,8H2,1-4H3,(H,16,18)/t10-/m1/s1. The third kappa shape index (κ3) is 3.62. The van der Waals surface area contributed by atoms with Gasteiger partial charge in [0.2, 0.25) is 0 Å². The number of aromatic nitrogens is 1. The zero-order chi connectivity index (χ0) is 15.6. The number of pyridine rings is 1. The van der Waals surface area contributed by atoms with Crippen LogP contribution in [0.2, 0.25) is 0 Å². The Hall–Kier alpha value is -2.31. The Morgan fingerprint density at radius 2 is 2.24 bits per heavy atom. The van der Waals surface area contributed by atoms with Gasteiger partial charge in [-0.15, -0.1) is 0 Å². The second-order valence-corrected chi connectivity index (χ2v) is 5.78. The topological polar surface area (TPSA) is 80.8 Å². The zero-order valence-corrected chi connectivity index (χ0v) is 12.5. The molecule has 0 bridgehead atoms. The molecule has 1 aromatic heterocycles. The monoisotopic (exact) mass is 293 g/mol. The van der Waals surface area contributed by atoms with Crippen molar-refractivity contribution in [1.29, 1.82) is 0 Å². The number of hydrogen-bond acceptors (Lipinski definition) is 5.